The van der Waals surface area contributed by atoms with Crippen molar-refractivity contribution in [2.24, 2.45) is 5.73 Å². The third-order valence-corrected chi connectivity index (χ3v) is 1.33. The van der Waals surface area contributed by atoms with E-state index < -0.39 is 28.9 Å². The molecule has 0 saturated carbocycles. The summed E-state index contributed by atoms with van der Waals surface area (Å²) in [6.07, 6.45) is 0. The van der Waals surface area contributed by atoms with E-state index in [1.165, 1.54) is 4.72 Å². The van der Waals surface area contributed by atoms with Gasteiger partial charge in [-0.15, -0.1) is 0 Å². The summed E-state index contributed by atoms with van der Waals surface area (Å²) < 4.78 is 29.5. The number of aliphatic carboxylic acids is 1. The van der Waals surface area contributed by atoms with Gasteiger partial charge in [0.05, 0.1) is 0 Å². The standard InChI is InChI=1S/C3H8N2O5S/c4-2(3(6)7)1-5-11(8,9)10/h2,5H,1,4H2,(H,6,7)(H,8,9,10). The molecule has 5 N–H and O–H groups in total. The van der Waals surface area contributed by atoms with Gasteiger partial charge in [-0.25, -0.2) is 0 Å². The second-order valence-electron chi connectivity index (χ2n) is 1.77. The molecule has 11 heavy (non-hydrogen) atoms. The van der Waals surface area contributed by atoms with Crippen molar-refractivity contribution in [1.82, 2.24) is 4.72 Å². The Kier molecular flexibility index (Phi) is 3.39. The van der Waals surface area contributed by atoms with E-state index >= 15 is 0 Å². The first-order valence-corrected chi connectivity index (χ1v) is 3.97. The summed E-state index contributed by atoms with van der Waals surface area (Å²) in [5.74, 6) is -1.35. The maximum absolute atomic E-state index is 9.97. The molecule has 0 aromatic carbocycles. The second-order valence-corrected chi connectivity index (χ2v) is 3.01. The third-order valence-electron chi connectivity index (χ3n) is 0.803. The van der Waals surface area contributed by atoms with E-state index in [9.17, 15) is 13.2 Å². The van der Waals surface area contributed by atoms with Crippen LogP contribution in [0.4, 0.5) is 0 Å². The molecule has 0 amide bonds. The van der Waals surface area contributed by atoms with Crippen molar-refractivity contribution in [3.05, 3.63) is 0 Å². The Morgan fingerprint density at radius 1 is 1.64 bits per heavy atom. The Morgan fingerprint density at radius 2 is 2.09 bits per heavy atom. The van der Waals surface area contributed by atoms with Crippen LogP contribution in [0, 0.1) is 0 Å². The van der Waals surface area contributed by atoms with Crippen LogP contribution in [-0.2, 0) is 15.1 Å². The van der Waals surface area contributed by atoms with E-state index in [1.54, 1.807) is 0 Å². The first-order chi connectivity index (χ1) is 4.83. The predicted molar refractivity (Wildman–Crippen MR) is 35.2 cm³/mol. The first kappa shape index (κ1) is 10.3. The molecule has 0 spiro atoms. The van der Waals surface area contributed by atoms with Gasteiger partial charge in [-0.3, -0.25) is 9.35 Å². The molecule has 0 radical (unpaired) electrons. The van der Waals surface area contributed by atoms with Crippen molar-refractivity contribution < 1.29 is 22.9 Å². The average molecular weight is 184 g/mol. The molecule has 1 unspecified atom stereocenters. The van der Waals surface area contributed by atoms with Crippen molar-refractivity contribution >= 4 is 16.3 Å². The van der Waals surface area contributed by atoms with Crippen LogP contribution in [0.1, 0.15) is 0 Å². The van der Waals surface area contributed by atoms with E-state index in [0.29, 0.717) is 0 Å². The number of hydrogen-bond acceptors (Lipinski definition) is 4. The van der Waals surface area contributed by atoms with Crippen LogP contribution < -0.4 is 10.5 Å². The molecule has 0 aliphatic heterocycles. The Hall–Kier alpha value is -0.700. The van der Waals surface area contributed by atoms with Gasteiger partial charge >= 0.3 is 16.3 Å². The number of carbonyl (C=O) groups is 1. The molecular formula is C3H8N2O5S. The van der Waals surface area contributed by atoms with Gasteiger partial charge in [-0.2, -0.15) is 13.1 Å². The lowest BCUT2D eigenvalue weighted by Crippen LogP contribution is -2.42. The van der Waals surface area contributed by atoms with Crippen molar-refractivity contribution in [2.75, 3.05) is 6.54 Å². The van der Waals surface area contributed by atoms with Crippen LogP contribution in [0.3, 0.4) is 0 Å². The Morgan fingerprint density at radius 3 is 2.36 bits per heavy atom. The molecule has 0 rings (SSSR count). The number of rotatable bonds is 4. The molecule has 0 fully saturated rings. The quantitative estimate of drug-likeness (QED) is 0.366. The zero-order valence-corrected chi connectivity index (χ0v) is 6.21. The lowest BCUT2D eigenvalue weighted by Gasteiger charge is -2.04. The molecule has 0 bridgehead atoms. The lowest BCUT2D eigenvalue weighted by atomic mass is 10.3. The molecule has 0 aliphatic carbocycles. The van der Waals surface area contributed by atoms with E-state index in [0.717, 1.165) is 0 Å². The fourth-order valence-electron chi connectivity index (χ4n) is 0.282. The summed E-state index contributed by atoms with van der Waals surface area (Å²) in [4.78, 5) is 9.97. The van der Waals surface area contributed by atoms with E-state index in [4.69, 9.17) is 15.4 Å². The van der Waals surface area contributed by atoms with Crippen molar-refractivity contribution in [2.45, 2.75) is 6.04 Å². The summed E-state index contributed by atoms with van der Waals surface area (Å²) in [6.45, 7) is -0.534. The molecule has 1 atom stereocenters. The Labute approximate surface area is 63.1 Å². The minimum absolute atomic E-state index is 0.534. The van der Waals surface area contributed by atoms with Crippen molar-refractivity contribution in [3.8, 4) is 0 Å². The van der Waals surface area contributed by atoms with Gasteiger partial charge in [0.15, 0.2) is 0 Å². The highest BCUT2D eigenvalue weighted by atomic mass is 32.2. The van der Waals surface area contributed by atoms with Crippen LogP contribution in [0.15, 0.2) is 0 Å². The fourth-order valence-corrected chi connectivity index (χ4v) is 0.673. The number of nitrogens with two attached hydrogens (primary N) is 1. The molecule has 66 valence electrons. The predicted octanol–water partition coefficient (Wildman–Crippen LogP) is -2.21. The molecule has 0 aromatic rings. The first-order valence-electron chi connectivity index (χ1n) is 2.53. The maximum atomic E-state index is 9.97. The molecular weight excluding hydrogens is 176 g/mol. The lowest BCUT2D eigenvalue weighted by molar-refractivity contribution is -0.138. The largest absolute Gasteiger partial charge is 0.480 e. The zero-order chi connectivity index (χ0) is 9.07. The van der Waals surface area contributed by atoms with Gasteiger partial charge in [0.25, 0.3) is 0 Å². The van der Waals surface area contributed by atoms with Crippen LogP contribution in [-0.4, -0.2) is 36.6 Å². The fraction of sp³-hybridized carbons (Fsp3) is 0.667. The maximum Gasteiger partial charge on any atom is 0.333 e. The highest BCUT2D eigenvalue weighted by Gasteiger charge is 2.13. The summed E-state index contributed by atoms with van der Waals surface area (Å²) in [5.41, 5.74) is 4.89. The number of hydrogen-bond donors (Lipinski definition) is 4. The van der Waals surface area contributed by atoms with Crippen LogP contribution in [0.2, 0.25) is 0 Å². The van der Waals surface area contributed by atoms with Crippen molar-refractivity contribution in [1.29, 1.82) is 0 Å². The normalized spacial score (nSPS) is 14.4. The molecule has 0 heterocycles. The monoisotopic (exact) mass is 184 g/mol. The zero-order valence-electron chi connectivity index (χ0n) is 5.39. The van der Waals surface area contributed by atoms with Gasteiger partial charge in [0, 0.05) is 6.54 Å². The molecule has 0 aromatic heterocycles. The molecule has 0 aliphatic rings. The average Bonchev–Trinajstić information content (AvgIpc) is 1.80. The summed E-state index contributed by atoms with van der Waals surface area (Å²) in [5, 5.41) is 8.14. The molecule has 7 nitrogen and oxygen atoms in total. The minimum Gasteiger partial charge on any atom is -0.480 e. The Bertz CT molecular complexity index is 234. The highest BCUT2D eigenvalue weighted by Crippen LogP contribution is 1.78. The number of nitrogens with one attached hydrogen (secondary N) is 1. The summed E-state index contributed by atoms with van der Waals surface area (Å²) >= 11 is 0. The SMILES string of the molecule is NC(CNS(=O)(=O)O)C(=O)O. The molecule has 0 saturated heterocycles. The molecule has 8 heteroatoms. The minimum atomic E-state index is -4.35. The van der Waals surface area contributed by atoms with Gasteiger partial charge < -0.3 is 10.8 Å². The number of carboxylic acid groups (broad SMARTS) is 1. The van der Waals surface area contributed by atoms with Crippen molar-refractivity contribution in [3.63, 3.8) is 0 Å². The summed E-state index contributed by atoms with van der Waals surface area (Å²) in [6, 6.07) is -1.35. The van der Waals surface area contributed by atoms with Crippen LogP contribution >= 0.6 is 0 Å². The third kappa shape index (κ3) is 5.73. The van der Waals surface area contributed by atoms with Crippen LogP contribution in [0.5, 0.6) is 0 Å². The van der Waals surface area contributed by atoms with Crippen LogP contribution in [0.25, 0.3) is 0 Å². The summed E-state index contributed by atoms with van der Waals surface area (Å²) in [7, 11) is -4.35. The van der Waals surface area contributed by atoms with Gasteiger partial charge in [0.2, 0.25) is 0 Å². The van der Waals surface area contributed by atoms with E-state index in [-0.39, 0.29) is 0 Å². The van der Waals surface area contributed by atoms with Gasteiger partial charge in [-0.1, -0.05) is 0 Å². The van der Waals surface area contributed by atoms with Gasteiger partial charge in [0.1, 0.15) is 6.04 Å². The second kappa shape index (κ2) is 3.62. The van der Waals surface area contributed by atoms with Gasteiger partial charge in [-0.05, 0) is 0 Å². The highest BCUT2D eigenvalue weighted by molar-refractivity contribution is 7.83. The topological polar surface area (TPSA) is 130 Å². The van der Waals surface area contributed by atoms with E-state index in [1.807, 2.05) is 0 Å². The Balaban J connectivity index is 3.82. The number of carboxylic acids is 1. The van der Waals surface area contributed by atoms with E-state index in [2.05, 4.69) is 0 Å². The smallest absolute Gasteiger partial charge is 0.333 e.